The lowest BCUT2D eigenvalue weighted by atomic mass is 9.86. The van der Waals surface area contributed by atoms with Crippen LogP contribution < -0.4 is 0 Å². The third kappa shape index (κ3) is 3.93. The standard InChI is InChI=1S/C26H17ClO4/c27-19-13-11-18(12-14-19)22-25(30)23(28)21(24(29)26(22)31)15-20(16-7-3-1-4-8-16)17-9-5-2-6-10-17/h1-15,28,31H. The lowest BCUT2D eigenvalue weighted by Gasteiger charge is -2.18. The molecule has 31 heavy (non-hydrogen) atoms. The first kappa shape index (κ1) is 20.4. The van der Waals surface area contributed by atoms with Crippen LogP contribution in [-0.4, -0.2) is 21.8 Å². The molecule has 2 N–H and O–H groups in total. The Morgan fingerprint density at radius 2 is 1.19 bits per heavy atom. The van der Waals surface area contributed by atoms with Crippen LogP contribution in [0.4, 0.5) is 0 Å². The van der Waals surface area contributed by atoms with Crippen LogP contribution in [-0.2, 0) is 9.59 Å². The van der Waals surface area contributed by atoms with Crippen molar-refractivity contribution in [2.75, 3.05) is 0 Å². The molecule has 0 heterocycles. The zero-order chi connectivity index (χ0) is 22.0. The summed E-state index contributed by atoms with van der Waals surface area (Å²) in [4.78, 5) is 25.9. The fourth-order valence-corrected chi connectivity index (χ4v) is 3.55. The van der Waals surface area contributed by atoms with Crippen LogP contribution in [0.25, 0.3) is 11.1 Å². The van der Waals surface area contributed by atoms with Gasteiger partial charge in [-0.1, -0.05) is 84.4 Å². The highest BCUT2D eigenvalue weighted by Crippen LogP contribution is 2.33. The molecule has 0 fully saturated rings. The molecule has 0 amide bonds. The minimum Gasteiger partial charge on any atom is -0.504 e. The Hall–Kier alpha value is -3.89. The van der Waals surface area contributed by atoms with Crippen LogP contribution in [0.1, 0.15) is 16.7 Å². The van der Waals surface area contributed by atoms with Crippen LogP contribution in [0.15, 0.2) is 108 Å². The summed E-state index contributed by atoms with van der Waals surface area (Å²) < 4.78 is 0. The number of benzene rings is 3. The number of ketones is 2. The molecule has 4 rings (SSSR count). The number of halogens is 1. The van der Waals surface area contributed by atoms with E-state index in [0.717, 1.165) is 11.1 Å². The predicted octanol–water partition coefficient (Wildman–Crippen LogP) is 5.70. The van der Waals surface area contributed by atoms with Gasteiger partial charge in [-0.15, -0.1) is 0 Å². The van der Waals surface area contributed by atoms with Crippen molar-refractivity contribution in [1.29, 1.82) is 0 Å². The summed E-state index contributed by atoms with van der Waals surface area (Å²) in [6.45, 7) is 0. The van der Waals surface area contributed by atoms with Crippen molar-refractivity contribution >= 4 is 34.3 Å². The van der Waals surface area contributed by atoms with Crippen molar-refractivity contribution in [3.05, 3.63) is 130 Å². The minimum absolute atomic E-state index is 0.253. The van der Waals surface area contributed by atoms with Gasteiger partial charge >= 0.3 is 0 Å². The quantitative estimate of drug-likeness (QED) is 0.522. The maximum atomic E-state index is 13.0. The summed E-state index contributed by atoms with van der Waals surface area (Å²) in [7, 11) is 0. The van der Waals surface area contributed by atoms with Crippen molar-refractivity contribution in [3.8, 4) is 0 Å². The monoisotopic (exact) mass is 428 g/mol. The molecule has 0 spiro atoms. The molecule has 3 aromatic rings. The van der Waals surface area contributed by atoms with Gasteiger partial charge in [-0.2, -0.15) is 0 Å². The summed E-state index contributed by atoms with van der Waals surface area (Å²) in [6.07, 6.45) is 1.44. The van der Waals surface area contributed by atoms with Crippen molar-refractivity contribution in [2.24, 2.45) is 0 Å². The zero-order valence-electron chi connectivity index (χ0n) is 16.2. The van der Waals surface area contributed by atoms with Crippen LogP contribution >= 0.6 is 11.6 Å². The molecule has 1 aliphatic rings. The molecule has 0 bridgehead atoms. The van der Waals surface area contributed by atoms with E-state index in [-0.39, 0.29) is 11.1 Å². The number of allylic oxidation sites excluding steroid dienone is 3. The van der Waals surface area contributed by atoms with E-state index in [4.69, 9.17) is 11.6 Å². The fraction of sp³-hybridized carbons (Fsp3) is 0. The lowest BCUT2D eigenvalue weighted by Crippen LogP contribution is -2.23. The maximum absolute atomic E-state index is 13.0. The largest absolute Gasteiger partial charge is 0.504 e. The van der Waals surface area contributed by atoms with Gasteiger partial charge in [0.05, 0.1) is 11.1 Å². The highest BCUT2D eigenvalue weighted by Gasteiger charge is 2.35. The molecule has 0 radical (unpaired) electrons. The fourth-order valence-electron chi connectivity index (χ4n) is 3.43. The minimum atomic E-state index is -0.828. The number of rotatable bonds is 4. The van der Waals surface area contributed by atoms with E-state index in [2.05, 4.69) is 0 Å². The number of aliphatic hydroxyl groups excluding tert-OH is 2. The van der Waals surface area contributed by atoms with Crippen molar-refractivity contribution in [1.82, 2.24) is 0 Å². The molecule has 0 aliphatic heterocycles. The molecule has 0 unspecified atom stereocenters. The van der Waals surface area contributed by atoms with Gasteiger partial charge in [-0.3, -0.25) is 9.59 Å². The maximum Gasteiger partial charge on any atom is 0.232 e. The van der Waals surface area contributed by atoms with Crippen molar-refractivity contribution < 1.29 is 19.8 Å². The van der Waals surface area contributed by atoms with E-state index < -0.39 is 23.1 Å². The Kier molecular flexibility index (Phi) is 5.56. The van der Waals surface area contributed by atoms with Gasteiger partial charge in [0.1, 0.15) is 0 Å². The van der Waals surface area contributed by atoms with E-state index in [0.29, 0.717) is 16.2 Å². The SMILES string of the molecule is O=C1C(O)=C(c2ccc(Cl)cc2)C(=O)C(O)=C1C=C(c1ccccc1)c1ccccc1. The number of hydrogen-bond donors (Lipinski definition) is 2. The highest BCUT2D eigenvalue weighted by molar-refractivity contribution is 6.38. The molecule has 0 saturated heterocycles. The Morgan fingerprint density at radius 3 is 1.71 bits per heavy atom. The Balaban J connectivity index is 1.85. The van der Waals surface area contributed by atoms with E-state index in [9.17, 15) is 19.8 Å². The summed E-state index contributed by atoms with van der Waals surface area (Å²) in [6, 6.07) is 24.7. The van der Waals surface area contributed by atoms with Crippen LogP contribution in [0, 0.1) is 0 Å². The molecular weight excluding hydrogens is 412 g/mol. The first-order valence-electron chi connectivity index (χ1n) is 9.51. The highest BCUT2D eigenvalue weighted by atomic mass is 35.5. The molecule has 0 atom stereocenters. The molecule has 152 valence electrons. The van der Waals surface area contributed by atoms with Crippen molar-refractivity contribution in [3.63, 3.8) is 0 Å². The number of aliphatic hydroxyl groups is 2. The predicted molar refractivity (Wildman–Crippen MR) is 121 cm³/mol. The smallest absolute Gasteiger partial charge is 0.232 e. The number of hydrogen-bond acceptors (Lipinski definition) is 4. The average molecular weight is 429 g/mol. The first-order valence-corrected chi connectivity index (χ1v) is 9.89. The van der Waals surface area contributed by atoms with E-state index in [1.54, 1.807) is 0 Å². The Labute approximate surface area is 184 Å². The van der Waals surface area contributed by atoms with Crippen LogP contribution in [0.2, 0.25) is 5.02 Å². The lowest BCUT2D eigenvalue weighted by molar-refractivity contribution is -0.118. The van der Waals surface area contributed by atoms with Crippen LogP contribution in [0.3, 0.4) is 0 Å². The average Bonchev–Trinajstić information content (AvgIpc) is 2.80. The summed E-state index contributed by atoms with van der Waals surface area (Å²) in [5, 5.41) is 21.7. The summed E-state index contributed by atoms with van der Waals surface area (Å²) in [5.74, 6) is -3.08. The molecule has 5 heteroatoms. The summed E-state index contributed by atoms with van der Waals surface area (Å²) in [5.41, 5.74) is 2.00. The third-order valence-electron chi connectivity index (χ3n) is 4.98. The second-order valence-corrected chi connectivity index (χ2v) is 7.38. The molecule has 0 saturated carbocycles. The topological polar surface area (TPSA) is 74.6 Å². The van der Waals surface area contributed by atoms with Gasteiger partial charge in [0.15, 0.2) is 11.5 Å². The van der Waals surface area contributed by atoms with Gasteiger partial charge in [-0.25, -0.2) is 0 Å². The van der Waals surface area contributed by atoms with Gasteiger partial charge < -0.3 is 10.2 Å². The van der Waals surface area contributed by atoms with Crippen LogP contribution in [0.5, 0.6) is 0 Å². The van der Waals surface area contributed by atoms with Gasteiger partial charge in [-0.05, 0) is 40.5 Å². The number of carbonyl (C=O) groups is 2. The van der Waals surface area contributed by atoms with E-state index in [1.807, 2.05) is 60.7 Å². The molecule has 0 aromatic heterocycles. The summed E-state index contributed by atoms with van der Waals surface area (Å²) >= 11 is 5.88. The molecule has 1 aliphatic carbocycles. The van der Waals surface area contributed by atoms with Gasteiger partial charge in [0.25, 0.3) is 0 Å². The first-order chi connectivity index (χ1) is 15.0. The normalized spacial score (nSPS) is 14.1. The second-order valence-electron chi connectivity index (χ2n) is 6.94. The van der Waals surface area contributed by atoms with E-state index >= 15 is 0 Å². The molecule has 4 nitrogen and oxygen atoms in total. The third-order valence-corrected chi connectivity index (χ3v) is 5.24. The second kappa shape index (κ2) is 8.46. The van der Waals surface area contributed by atoms with Gasteiger partial charge in [0.2, 0.25) is 11.6 Å². The zero-order valence-corrected chi connectivity index (χ0v) is 17.0. The van der Waals surface area contributed by atoms with Gasteiger partial charge in [0, 0.05) is 5.02 Å². The molecular formula is C26H17ClO4. The molecule has 3 aromatic carbocycles. The van der Waals surface area contributed by atoms with E-state index in [1.165, 1.54) is 30.3 Å². The number of Topliss-reactive ketones (excluding diaryl/α,β-unsaturated/α-hetero) is 2. The Morgan fingerprint density at radius 1 is 0.677 bits per heavy atom. The Bertz CT molecular complexity index is 1210. The number of carbonyl (C=O) groups excluding carboxylic acids is 2. The van der Waals surface area contributed by atoms with Crippen molar-refractivity contribution in [2.45, 2.75) is 0 Å².